The Morgan fingerprint density at radius 2 is 2.08 bits per heavy atom. The number of hydrogen-bond donors (Lipinski definition) is 0. The van der Waals surface area contributed by atoms with Crippen molar-refractivity contribution < 1.29 is 4.79 Å². The zero-order valence-electron chi connectivity index (χ0n) is 8.50. The molecule has 1 heteroatoms. The molecular formula is C12H16O. The lowest BCUT2D eigenvalue weighted by Crippen LogP contribution is -2.02. The van der Waals surface area contributed by atoms with E-state index in [1.807, 2.05) is 6.92 Å². The molecule has 1 aromatic rings. The van der Waals surface area contributed by atoms with Crippen molar-refractivity contribution in [3.8, 4) is 0 Å². The lowest BCUT2D eigenvalue weighted by atomic mass is 9.97. The molecule has 70 valence electrons. The average molecular weight is 176 g/mol. The highest BCUT2D eigenvalue weighted by atomic mass is 16.1. The Morgan fingerprint density at radius 1 is 1.38 bits per heavy atom. The van der Waals surface area contributed by atoms with E-state index in [1.165, 1.54) is 16.7 Å². The van der Waals surface area contributed by atoms with Crippen LogP contribution >= 0.6 is 0 Å². The molecule has 1 aromatic carbocycles. The second kappa shape index (κ2) is 4.22. The quantitative estimate of drug-likeness (QED) is 0.647. The lowest BCUT2D eigenvalue weighted by Gasteiger charge is -2.08. The predicted molar refractivity (Wildman–Crippen MR) is 54.8 cm³/mol. The van der Waals surface area contributed by atoms with Gasteiger partial charge < -0.3 is 4.79 Å². The minimum absolute atomic E-state index is 0.126. The molecule has 0 aliphatic heterocycles. The molecule has 0 heterocycles. The van der Waals surface area contributed by atoms with E-state index in [2.05, 4.69) is 32.0 Å². The van der Waals surface area contributed by atoms with Crippen molar-refractivity contribution in [3.05, 3.63) is 34.9 Å². The van der Waals surface area contributed by atoms with Crippen molar-refractivity contribution >= 4 is 6.29 Å². The first kappa shape index (κ1) is 9.97. The third kappa shape index (κ3) is 2.69. The Morgan fingerprint density at radius 3 is 2.62 bits per heavy atom. The first-order valence-corrected chi connectivity index (χ1v) is 4.65. The van der Waals surface area contributed by atoms with Crippen molar-refractivity contribution in [2.45, 2.75) is 27.2 Å². The Hall–Kier alpha value is -1.11. The summed E-state index contributed by atoms with van der Waals surface area (Å²) >= 11 is 0. The normalized spacial score (nSPS) is 12.5. The molecule has 0 aromatic heterocycles. The van der Waals surface area contributed by atoms with Crippen molar-refractivity contribution in [2.75, 3.05) is 0 Å². The zero-order valence-corrected chi connectivity index (χ0v) is 8.50. The predicted octanol–water partition coefficient (Wildman–Crippen LogP) is 2.68. The van der Waals surface area contributed by atoms with Crippen LogP contribution in [0.4, 0.5) is 0 Å². The van der Waals surface area contributed by atoms with E-state index >= 15 is 0 Å². The molecule has 13 heavy (non-hydrogen) atoms. The van der Waals surface area contributed by atoms with Crippen LogP contribution in [0.1, 0.15) is 23.6 Å². The number of hydrogen-bond acceptors (Lipinski definition) is 1. The number of carbonyl (C=O) groups excluding carboxylic acids is 1. The standard InChI is InChI=1S/C12H16O/c1-9-4-5-12(11(3)6-9)7-10(2)8-13/h4-6,8,10H,7H2,1-3H3/t10-/m1/s1. The van der Waals surface area contributed by atoms with E-state index in [0.29, 0.717) is 0 Å². The molecule has 0 amide bonds. The summed E-state index contributed by atoms with van der Waals surface area (Å²) in [5.41, 5.74) is 3.85. The average Bonchev–Trinajstić information content (AvgIpc) is 2.09. The Balaban J connectivity index is 2.83. The van der Waals surface area contributed by atoms with E-state index in [9.17, 15) is 4.79 Å². The van der Waals surface area contributed by atoms with Crippen LogP contribution in [-0.4, -0.2) is 6.29 Å². The SMILES string of the molecule is Cc1ccc(C[C@@H](C)C=O)c(C)c1. The molecule has 0 bridgehead atoms. The summed E-state index contributed by atoms with van der Waals surface area (Å²) in [6.07, 6.45) is 1.87. The van der Waals surface area contributed by atoms with E-state index < -0.39 is 0 Å². The highest BCUT2D eigenvalue weighted by Gasteiger charge is 2.03. The van der Waals surface area contributed by atoms with E-state index in [1.54, 1.807) is 0 Å². The maximum absolute atomic E-state index is 10.5. The Bertz CT molecular complexity index is 302. The van der Waals surface area contributed by atoms with Crippen molar-refractivity contribution in [3.63, 3.8) is 0 Å². The summed E-state index contributed by atoms with van der Waals surface area (Å²) in [6.45, 7) is 6.13. The van der Waals surface area contributed by atoms with Crippen LogP contribution in [0.5, 0.6) is 0 Å². The van der Waals surface area contributed by atoms with Crippen LogP contribution in [0.3, 0.4) is 0 Å². The second-order valence-electron chi connectivity index (χ2n) is 3.75. The van der Waals surface area contributed by atoms with Crippen LogP contribution in [0, 0.1) is 19.8 Å². The fourth-order valence-corrected chi connectivity index (χ4v) is 1.47. The fraction of sp³-hybridized carbons (Fsp3) is 0.417. The summed E-state index contributed by atoms with van der Waals surface area (Å²) in [5, 5.41) is 0. The zero-order chi connectivity index (χ0) is 9.84. The van der Waals surface area contributed by atoms with Gasteiger partial charge in [-0.3, -0.25) is 0 Å². The van der Waals surface area contributed by atoms with E-state index in [0.717, 1.165) is 12.7 Å². The molecule has 0 aliphatic carbocycles. The second-order valence-corrected chi connectivity index (χ2v) is 3.75. The smallest absolute Gasteiger partial charge is 0.123 e. The number of aldehydes is 1. The summed E-state index contributed by atoms with van der Waals surface area (Å²) in [5.74, 6) is 0.126. The van der Waals surface area contributed by atoms with Crippen LogP contribution in [0.25, 0.3) is 0 Å². The van der Waals surface area contributed by atoms with Gasteiger partial charge in [0.1, 0.15) is 6.29 Å². The van der Waals surface area contributed by atoms with Gasteiger partial charge >= 0.3 is 0 Å². The minimum Gasteiger partial charge on any atom is -0.303 e. The highest BCUT2D eigenvalue weighted by Crippen LogP contribution is 2.13. The summed E-state index contributed by atoms with van der Waals surface area (Å²) in [7, 11) is 0. The molecule has 1 atom stereocenters. The Labute approximate surface area is 79.8 Å². The molecule has 0 unspecified atom stereocenters. The maximum atomic E-state index is 10.5. The summed E-state index contributed by atoms with van der Waals surface area (Å²) in [4.78, 5) is 10.5. The molecule has 0 radical (unpaired) electrons. The van der Waals surface area contributed by atoms with Crippen molar-refractivity contribution in [1.29, 1.82) is 0 Å². The van der Waals surface area contributed by atoms with E-state index in [-0.39, 0.29) is 5.92 Å². The van der Waals surface area contributed by atoms with Gasteiger partial charge in [-0.2, -0.15) is 0 Å². The van der Waals surface area contributed by atoms with Crippen LogP contribution in [0.15, 0.2) is 18.2 Å². The number of carbonyl (C=O) groups is 1. The van der Waals surface area contributed by atoms with Gasteiger partial charge in [-0.1, -0.05) is 30.7 Å². The van der Waals surface area contributed by atoms with Crippen LogP contribution in [0.2, 0.25) is 0 Å². The first-order valence-electron chi connectivity index (χ1n) is 4.65. The third-order valence-electron chi connectivity index (χ3n) is 2.27. The van der Waals surface area contributed by atoms with Gasteiger partial charge in [0.15, 0.2) is 0 Å². The molecule has 0 saturated heterocycles. The van der Waals surface area contributed by atoms with E-state index in [4.69, 9.17) is 0 Å². The van der Waals surface area contributed by atoms with Crippen LogP contribution < -0.4 is 0 Å². The van der Waals surface area contributed by atoms with Crippen molar-refractivity contribution in [1.82, 2.24) is 0 Å². The van der Waals surface area contributed by atoms with Crippen molar-refractivity contribution in [2.24, 2.45) is 5.92 Å². The topological polar surface area (TPSA) is 17.1 Å². The molecule has 1 rings (SSSR count). The molecule has 1 nitrogen and oxygen atoms in total. The minimum atomic E-state index is 0.126. The summed E-state index contributed by atoms with van der Waals surface area (Å²) in [6, 6.07) is 6.37. The van der Waals surface area contributed by atoms with Gasteiger partial charge in [-0.15, -0.1) is 0 Å². The number of benzene rings is 1. The number of aryl methyl sites for hydroxylation is 2. The van der Waals surface area contributed by atoms with Gasteiger partial charge in [-0.25, -0.2) is 0 Å². The molecule has 0 aliphatic rings. The highest BCUT2D eigenvalue weighted by molar-refractivity contribution is 5.54. The molecule has 0 saturated carbocycles. The van der Waals surface area contributed by atoms with Gasteiger partial charge in [0, 0.05) is 5.92 Å². The van der Waals surface area contributed by atoms with Gasteiger partial charge in [0.05, 0.1) is 0 Å². The molecule has 0 N–H and O–H groups in total. The fourth-order valence-electron chi connectivity index (χ4n) is 1.47. The van der Waals surface area contributed by atoms with Crippen LogP contribution in [-0.2, 0) is 11.2 Å². The number of rotatable bonds is 3. The van der Waals surface area contributed by atoms with Gasteiger partial charge in [0.2, 0.25) is 0 Å². The monoisotopic (exact) mass is 176 g/mol. The maximum Gasteiger partial charge on any atom is 0.123 e. The van der Waals surface area contributed by atoms with Gasteiger partial charge in [0.25, 0.3) is 0 Å². The lowest BCUT2D eigenvalue weighted by molar-refractivity contribution is -0.110. The van der Waals surface area contributed by atoms with Gasteiger partial charge in [-0.05, 0) is 31.4 Å². The molecule has 0 spiro atoms. The molecule has 0 fully saturated rings. The third-order valence-corrected chi connectivity index (χ3v) is 2.27. The largest absolute Gasteiger partial charge is 0.303 e. The Kier molecular flexibility index (Phi) is 3.24. The first-order chi connectivity index (χ1) is 6.13. The molecular weight excluding hydrogens is 160 g/mol. The summed E-state index contributed by atoms with van der Waals surface area (Å²) < 4.78 is 0.